The Morgan fingerprint density at radius 2 is 1.84 bits per heavy atom. The Labute approximate surface area is 152 Å². The van der Waals surface area contributed by atoms with Gasteiger partial charge in [-0.2, -0.15) is 0 Å². The normalized spacial score (nSPS) is 10.8. The number of fused-ring (bicyclic) bond motifs is 1. The van der Waals surface area contributed by atoms with Gasteiger partial charge >= 0.3 is 5.97 Å². The van der Waals surface area contributed by atoms with Crippen molar-refractivity contribution >= 4 is 28.5 Å². The Hall–Kier alpha value is -2.39. The zero-order valence-corrected chi connectivity index (χ0v) is 15.1. The predicted octanol–water partition coefficient (Wildman–Crippen LogP) is 5.68. The SMILES string of the molecule is CCCc1nc2cccc(Cl)c2c(-c2ccccc2)c1C(=O)OCC. The molecule has 0 fully saturated rings. The summed E-state index contributed by atoms with van der Waals surface area (Å²) in [5, 5.41) is 1.37. The summed E-state index contributed by atoms with van der Waals surface area (Å²) >= 11 is 6.50. The van der Waals surface area contributed by atoms with E-state index in [1.165, 1.54) is 0 Å². The molecule has 1 heterocycles. The highest BCUT2D eigenvalue weighted by molar-refractivity contribution is 6.37. The standard InChI is InChI=1S/C21H20ClNO2/c1-3-9-16-20(21(24)25-4-2)18(14-10-6-5-7-11-14)19-15(22)12-8-13-17(19)23-16/h5-8,10-13H,3-4,9H2,1-2H3. The lowest BCUT2D eigenvalue weighted by Gasteiger charge is -2.17. The smallest absolute Gasteiger partial charge is 0.340 e. The summed E-state index contributed by atoms with van der Waals surface area (Å²) in [7, 11) is 0. The number of aryl methyl sites for hydroxylation is 1. The van der Waals surface area contributed by atoms with Crippen LogP contribution in [0.2, 0.25) is 5.02 Å². The van der Waals surface area contributed by atoms with Crippen molar-refractivity contribution in [2.24, 2.45) is 0 Å². The minimum atomic E-state index is -0.348. The predicted molar refractivity (Wildman–Crippen MR) is 102 cm³/mol. The van der Waals surface area contributed by atoms with Crippen molar-refractivity contribution in [2.75, 3.05) is 6.61 Å². The van der Waals surface area contributed by atoms with Crippen LogP contribution in [-0.2, 0) is 11.2 Å². The lowest BCUT2D eigenvalue weighted by Crippen LogP contribution is -2.12. The van der Waals surface area contributed by atoms with Crippen molar-refractivity contribution < 1.29 is 9.53 Å². The minimum absolute atomic E-state index is 0.319. The molecule has 0 saturated heterocycles. The first-order chi connectivity index (χ1) is 12.2. The van der Waals surface area contributed by atoms with Gasteiger partial charge < -0.3 is 4.74 Å². The molecule has 3 rings (SSSR count). The van der Waals surface area contributed by atoms with Gasteiger partial charge in [-0.25, -0.2) is 4.79 Å². The van der Waals surface area contributed by atoms with E-state index in [0.717, 1.165) is 34.1 Å². The van der Waals surface area contributed by atoms with Gasteiger partial charge in [-0.3, -0.25) is 4.98 Å². The van der Waals surface area contributed by atoms with Gasteiger partial charge in [0.1, 0.15) is 0 Å². The van der Waals surface area contributed by atoms with Gasteiger partial charge in [-0.15, -0.1) is 0 Å². The molecule has 2 aromatic carbocycles. The van der Waals surface area contributed by atoms with Crippen LogP contribution in [0.15, 0.2) is 48.5 Å². The van der Waals surface area contributed by atoms with E-state index < -0.39 is 0 Å². The maximum absolute atomic E-state index is 12.8. The summed E-state index contributed by atoms with van der Waals surface area (Å²) in [5.74, 6) is -0.348. The zero-order chi connectivity index (χ0) is 17.8. The number of nitrogens with zero attached hydrogens (tertiary/aromatic N) is 1. The number of carbonyl (C=O) groups excluding carboxylic acids is 1. The number of hydrogen-bond acceptors (Lipinski definition) is 3. The van der Waals surface area contributed by atoms with Crippen molar-refractivity contribution in [1.82, 2.24) is 4.98 Å². The van der Waals surface area contributed by atoms with Crippen LogP contribution in [0.1, 0.15) is 36.3 Å². The summed E-state index contributed by atoms with van der Waals surface area (Å²) in [6.07, 6.45) is 1.59. The number of esters is 1. The van der Waals surface area contributed by atoms with Gasteiger partial charge in [0, 0.05) is 10.9 Å². The van der Waals surface area contributed by atoms with Gasteiger partial charge in [0.05, 0.1) is 28.4 Å². The first-order valence-electron chi connectivity index (χ1n) is 8.51. The van der Waals surface area contributed by atoms with Crippen LogP contribution in [0, 0.1) is 0 Å². The van der Waals surface area contributed by atoms with Gasteiger partial charge in [-0.05, 0) is 31.0 Å². The molecule has 0 N–H and O–H groups in total. The number of benzene rings is 2. The molecule has 0 aliphatic heterocycles. The lowest BCUT2D eigenvalue weighted by molar-refractivity contribution is 0.0525. The van der Waals surface area contributed by atoms with Gasteiger partial charge in [0.15, 0.2) is 0 Å². The second-order valence-electron chi connectivity index (χ2n) is 5.78. The third-order valence-corrected chi connectivity index (χ3v) is 4.38. The van der Waals surface area contributed by atoms with E-state index in [4.69, 9.17) is 21.3 Å². The van der Waals surface area contributed by atoms with Crippen molar-refractivity contribution in [3.05, 3.63) is 64.8 Å². The molecule has 0 spiro atoms. The Morgan fingerprint density at radius 3 is 2.52 bits per heavy atom. The Morgan fingerprint density at radius 1 is 1.08 bits per heavy atom. The van der Waals surface area contributed by atoms with Crippen LogP contribution >= 0.6 is 11.6 Å². The molecular formula is C21H20ClNO2. The Balaban J connectivity index is 2.44. The van der Waals surface area contributed by atoms with E-state index in [0.29, 0.717) is 23.6 Å². The quantitative estimate of drug-likeness (QED) is 0.553. The molecule has 1 aromatic heterocycles. The Bertz CT molecular complexity index is 907. The fourth-order valence-corrected chi connectivity index (χ4v) is 3.32. The molecule has 3 nitrogen and oxygen atoms in total. The third kappa shape index (κ3) is 3.38. The van der Waals surface area contributed by atoms with E-state index in [-0.39, 0.29) is 5.97 Å². The second-order valence-corrected chi connectivity index (χ2v) is 6.19. The van der Waals surface area contributed by atoms with Crippen LogP contribution in [0.4, 0.5) is 0 Å². The van der Waals surface area contributed by atoms with Crippen LogP contribution in [0.5, 0.6) is 0 Å². The van der Waals surface area contributed by atoms with Crippen molar-refractivity contribution in [1.29, 1.82) is 0 Å². The minimum Gasteiger partial charge on any atom is -0.462 e. The molecule has 0 bridgehead atoms. The van der Waals surface area contributed by atoms with Crippen LogP contribution in [0.3, 0.4) is 0 Å². The van der Waals surface area contributed by atoms with E-state index in [9.17, 15) is 4.79 Å². The van der Waals surface area contributed by atoms with Crippen molar-refractivity contribution in [2.45, 2.75) is 26.7 Å². The van der Waals surface area contributed by atoms with Crippen molar-refractivity contribution in [3.63, 3.8) is 0 Å². The highest BCUT2D eigenvalue weighted by Crippen LogP contribution is 2.37. The van der Waals surface area contributed by atoms with Gasteiger partial charge in [0.2, 0.25) is 0 Å². The first-order valence-corrected chi connectivity index (χ1v) is 8.88. The van der Waals surface area contributed by atoms with Gasteiger partial charge in [0.25, 0.3) is 0 Å². The molecule has 0 amide bonds. The second kappa shape index (κ2) is 7.66. The number of pyridine rings is 1. The number of carbonyl (C=O) groups is 1. The zero-order valence-electron chi connectivity index (χ0n) is 14.4. The number of ether oxygens (including phenoxy) is 1. The fraction of sp³-hybridized carbons (Fsp3) is 0.238. The lowest BCUT2D eigenvalue weighted by atomic mass is 9.93. The van der Waals surface area contributed by atoms with Gasteiger partial charge in [-0.1, -0.05) is 61.3 Å². The summed E-state index contributed by atoms with van der Waals surface area (Å²) in [6.45, 7) is 4.20. The third-order valence-electron chi connectivity index (χ3n) is 4.06. The van der Waals surface area contributed by atoms with Crippen molar-refractivity contribution in [3.8, 4) is 11.1 Å². The highest BCUT2D eigenvalue weighted by Gasteiger charge is 2.24. The molecule has 4 heteroatoms. The summed E-state index contributed by atoms with van der Waals surface area (Å²) < 4.78 is 5.34. The first kappa shape index (κ1) is 17.4. The van der Waals surface area contributed by atoms with Crippen LogP contribution in [0.25, 0.3) is 22.0 Å². The average molecular weight is 354 g/mol. The monoisotopic (exact) mass is 353 g/mol. The molecule has 0 aliphatic rings. The summed E-state index contributed by atoms with van der Waals surface area (Å²) in [5.41, 5.74) is 3.81. The molecule has 128 valence electrons. The molecule has 0 unspecified atom stereocenters. The molecule has 25 heavy (non-hydrogen) atoms. The van der Waals surface area contributed by atoms with E-state index >= 15 is 0 Å². The number of halogens is 1. The van der Waals surface area contributed by atoms with E-state index in [1.54, 1.807) is 6.92 Å². The fourth-order valence-electron chi connectivity index (χ4n) is 3.06. The number of aromatic nitrogens is 1. The average Bonchev–Trinajstić information content (AvgIpc) is 2.62. The number of hydrogen-bond donors (Lipinski definition) is 0. The molecular weight excluding hydrogens is 334 g/mol. The highest BCUT2D eigenvalue weighted by atomic mass is 35.5. The summed E-state index contributed by atoms with van der Waals surface area (Å²) in [6, 6.07) is 15.5. The molecule has 0 saturated carbocycles. The van der Waals surface area contributed by atoms with E-state index in [2.05, 4.69) is 6.92 Å². The maximum Gasteiger partial charge on any atom is 0.340 e. The maximum atomic E-state index is 12.8. The summed E-state index contributed by atoms with van der Waals surface area (Å²) in [4.78, 5) is 17.5. The van der Waals surface area contributed by atoms with E-state index in [1.807, 2.05) is 48.5 Å². The van der Waals surface area contributed by atoms with Crippen LogP contribution in [-0.4, -0.2) is 17.6 Å². The topological polar surface area (TPSA) is 39.2 Å². The largest absolute Gasteiger partial charge is 0.462 e. The molecule has 0 aliphatic carbocycles. The molecule has 0 radical (unpaired) electrons. The Kier molecular flexibility index (Phi) is 5.34. The molecule has 3 aromatic rings. The van der Waals surface area contributed by atoms with Crippen LogP contribution < -0.4 is 0 Å². The molecule has 0 atom stereocenters. The number of rotatable bonds is 5.